The van der Waals surface area contributed by atoms with Crippen LogP contribution in [0, 0.1) is 0 Å². The zero-order valence-corrected chi connectivity index (χ0v) is 10.8. The highest BCUT2D eigenvalue weighted by Gasteiger charge is 2.23. The number of benzene rings is 1. The van der Waals surface area contributed by atoms with Crippen LogP contribution in [0.4, 0.5) is 5.82 Å². The van der Waals surface area contributed by atoms with Gasteiger partial charge in [0.15, 0.2) is 5.82 Å². The van der Waals surface area contributed by atoms with Crippen LogP contribution in [-0.2, 0) is 0 Å². The van der Waals surface area contributed by atoms with Gasteiger partial charge in [-0.1, -0.05) is 24.3 Å². The molecule has 86 valence electrons. The van der Waals surface area contributed by atoms with Crippen LogP contribution >= 0.6 is 15.9 Å². The van der Waals surface area contributed by atoms with E-state index in [1.165, 1.54) is 18.4 Å². The van der Waals surface area contributed by atoms with E-state index < -0.39 is 0 Å². The Morgan fingerprint density at radius 3 is 2.47 bits per heavy atom. The van der Waals surface area contributed by atoms with E-state index in [2.05, 4.69) is 50.2 Å². The summed E-state index contributed by atoms with van der Waals surface area (Å²) >= 11 is 3.29. The number of nitrogen functional groups attached to an aromatic ring is 1. The van der Waals surface area contributed by atoms with Crippen molar-refractivity contribution in [1.82, 2.24) is 9.97 Å². The van der Waals surface area contributed by atoms with Gasteiger partial charge in [-0.15, -0.1) is 0 Å². The molecule has 0 amide bonds. The van der Waals surface area contributed by atoms with Gasteiger partial charge in [-0.05, 0) is 40.3 Å². The van der Waals surface area contributed by atoms with Gasteiger partial charge in [0.05, 0.1) is 11.9 Å². The number of rotatable bonds is 2. The molecule has 17 heavy (non-hydrogen) atoms. The van der Waals surface area contributed by atoms with Gasteiger partial charge < -0.3 is 5.73 Å². The maximum Gasteiger partial charge on any atom is 0.156 e. The Hall–Kier alpha value is -1.42. The van der Waals surface area contributed by atoms with Crippen LogP contribution in [0.5, 0.6) is 0 Å². The lowest BCUT2D eigenvalue weighted by Crippen LogP contribution is -1.95. The number of aromatic nitrogens is 2. The third-order valence-electron chi connectivity index (χ3n) is 3.01. The topological polar surface area (TPSA) is 51.8 Å². The zero-order valence-electron chi connectivity index (χ0n) is 9.23. The highest BCUT2D eigenvalue weighted by Crippen LogP contribution is 2.40. The number of hydrogen-bond donors (Lipinski definition) is 1. The van der Waals surface area contributed by atoms with Crippen LogP contribution in [0.2, 0.25) is 0 Å². The van der Waals surface area contributed by atoms with Crippen molar-refractivity contribution in [2.75, 3.05) is 5.73 Å². The normalized spacial score (nSPS) is 14.9. The second kappa shape index (κ2) is 4.11. The lowest BCUT2D eigenvalue weighted by Gasteiger charge is -2.04. The highest BCUT2D eigenvalue weighted by atomic mass is 79.9. The Kier molecular flexibility index (Phi) is 2.59. The van der Waals surface area contributed by atoms with E-state index in [9.17, 15) is 0 Å². The first-order valence-corrected chi connectivity index (χ1v) is 6.41. The van der Waals surface area contributed by atoms with Crippen LogP contribution < -0.4 is 5.73 Å². The standard InChI is InChI=1S/C13H12BrN3/c14-12-13(15)16-7-11(17-12)10-5-3-9(4-6-10)8-1-2-8/h3-8H,1-2H2,(H2,15,16). The van der Waals surface area contributed by atoms with Crippen molar-refractivity contribution in [2.24, 2.45) is 0 Å². The maximum absolute atomic E-state index is 5.62. The highest BCUT2D eigenvalue weighted by molar-refractivity contribution is 9.10. The Labute approximate surface area is 108 Å². The molecule has 1 heterocycles. The van der Waals surface area contributed by atoms with Crippen LogP contribution in [-0.4, -0.2) is 9.97 Å². The van der Waals surface area contributed by atoms with Gasteiger partial charge in [0.25, 0.3) is 0 Å². The minimum atomic E-state index is 0.420. The number of hydrogen-bond acceptors (Lipinski definition) is 3. The molecule has 0 aliphatic heterocycles. The van der Waals surface area contributed by atoms with Crippen molar-refractivity contribution < 1.29 is 0 Å². The summed E-state index contributed by atoms with van der Waals surface area (Å²) in [5, 5.41) is 0. The summed E-state index contributed by atoms with van der Waals surface area (Å²) in [4.78, 5) is 8.46. The molecule has 0 atom stereocenters. The lowest BCUT2D eigenvalue weighted by molar-refractivity contribution is 1.13. The number of halogens is 1. The van der Waals surface area contributed by atoms with Gasteiger partial charge in [-0.2, -0.15) is 0 Å². The fourth-order valence-electron chi connectivity index (χ4n) is 1.86. The van der Waals surface area contributed by atoms with Gasteiger partial charge in [-0.25, -0.2) is 9.97 Å². The van der Waals surface area contributed by atoms with Gasteiger partial charge in [0, 0.05) is 5.56 Å². The van der Waals surface area contributed by atoms with Gasteiger partial charge in [0.2, 0.25) is 0 Å². The molecule has 0 radical (unpaired) electrons. The molecular weight excluding hydrogens is 278 g/mol. The summed E-state index contributed by atoms with van der Waals surface area (Å²) < 4.78 is 0.598. The summed E-state index contributed by atoms with van der Waals surface area (Å²) in [5.41, 5.74) is 8.96. The second-order valence-electron chi connectivity index (χ2n) is 4.33. The predicted molar refractivity (Wildman–Crippen MR) is 71.6 cm³/mol. The third kappa shape index (κ3) is 2.17. The smallest absolute Gasteiger partial charge is 0.156 e. The first-order valence-electron chi connectivity index (χ1n) is 5.62. The van der Waals surface area contributed by atoms with Crippen molar-refractivity contribution in [2.45, 2.75) is 18.8 Å². The number of nitrogens with two attached hydrogens (primary N) is 1. The molecule has 1 saturated carbocycles. The van der Waals surface area contributed by atoms with E-state index in [-0.39, 0.29) is 0 Å². The molecule has 1 aromatic carbocycles. The summed E-state index contributed by atoms with van der Waals surface area (Å²) in [6, 6.07) is 8.55. The molecule has 2 aromatic rings. The van der Waals surface area contributed by atoms with Crippen molar-refractivity contribution in [3.63, 3.8) is 0 Å². The molecular formula is C13H12BrN3. The zero-order chi connectivity index (χ0) is 11.8. The fraction of sp³-hybridized carbons (Fsp3) is 0.231. The molecule has 0 saturated heterocycles. The third-order valence-corrected chi connectivity index (χ3v) is 3.59. The van der Waals surface area contributed by atoms with Crippen LogP contribution in [0.1, 0.15) is 24.3 Å². The molecule has 4 heteroatoms. The molecule has 0 spiro atoms. The quantitative estimate of drug-likeness (QED) is 0.922. The van der Waals surface area contributed by atoms with E-state index in [4.69, 9.17) is 5.73 Å². The van der Waals surface area contributed by atoms with Crippen molar-refractivity contribution in [3.05, 3.63) is 40.6 Å². The first-order chi connectivity index (χ1) is 8.24. The maximum atomic E-state index is 5.62. The van der Waals surface area contributed by atoms with E-state index in [0.29, 0.717) is 10.4 Å². The summed E-state index contributed by atoms with van der Waals surface area (Å²) in [7, 11) is 0. The van der Waals surface area contributed by atoms with Crippen molar-refractivity contribution in [1.29, 1.82) is 0 Å². The SMILES string of the molecule is Nc1ncc(-c2ccc(C3CC3)cc2)nc1Br. The average molecular weight is 290 g/mol. The van der Waals surface area contributed by atoms with E-state index >= 15 is 0 Å². The number of anilines is 1. The number of nitrogens with zero attached hydrogens (tertiary/aromatic N) is 2. The molecule has 0 unspecified atom stereocenters. The van der Waals surface area contributed by atoms with E-state index in [1.807, 2.05) is 0 Å². The molecule has 0 bridgehead atoms. The van der Waals surface area contributed by atoms with E-state index in [1.54, 1.807) is 6.20 Å². The first kappa shape index (κ1) is 10.7. The largest absolute Gasteiger partial charge is 0.381 e. The molecule has 1 aromatic heterocycles. The lowest BCUT2D eigenvalue weighted by atomic mass is 10.1. The minimum Gasteiger partial charge on any atom is -0.381 e. The van der Waals surface area contributed by atoms with Crippen LogP contribution in [0.15, 0.2) is 35.1 Å². The summed E-state index contributed by atoms with van der Waals surface area (Å²) in [6.07, 6.45) is 4.35. The molecule has 1 aliphatic rings. The Morgan fingerprint density at radius 1 is 1.18 bits per heavy atom. The van der Waals surface area contributed by atoms with Gasteiger partial charge >= 0.3 is 0 Å². The minimum absolute atomic E-state index is 0.420. The van der Waals surface area contributed by atoms with Gasteiger partial charge in [-0.3, -0.25) is 0 Å². The van der Waals surface area contributed by atoms with Gasteiger partial charge in [0.1, 0.15) is 4.60 Å². The van der Waals surface area contributed by atoms with Crippen molar-refractivity contribution >= 4 is 21.7 Å². The average Bonchev–Trinajstić information content (AvgIpc) is 3.17. The Morgan fingerprint density at radius 2 is 1.88 bits per heavy atom. The van der Waals surface area contributed by atoms with Crippen LogP contribution in [0.25, 0.3) is 11.3 Å². The molecule has 2 N–H and O–H groups in total. The Balaban J connectivity index is 1.94. The second-order valence-corrected chi connectivity index (χ2v) is 5.08. The fourth-order valence-corrected chi connectivity index (χ4v) is 2.15. The molecule has 3 rings (SSSR count). The molecule has 1 aliphatic carbocycles. The van der Waals surface area contributed by atoms with Crippen molar-refractivity contribution in [3.8, 4) is 11.3 Å². The molecule has 1 fully saturated rings. The Bertz CT molecular complexity index is 547. The van der Waals surface area contributed by atoms with E-state index in [0.717, 1.165) is 17.2 Å². The summed E-state index contributed by atoms with van der Waals surface area (Å²) in [6.45, 7) is 0. The monoisotopic (exact) mass is 289 g/mol. The molecule has 3 nitrogen and oxygen atoms in total. The predicted octanol–water partition coefficient (Wildman–Crippen LogP) is 3.37. The van der Waals surface area contributed by atoms with Crippen LogP contribution in [0.3, 0.4) is 0 Å². The summed E-state index contributed by atoms with van der Waals surface area (Å²) in [5.74, 6) is 1.21.